The quantitative estimate of drug-likeness (QED) is 0.532. The lowest BCUT2D eigenvalue weighted by Gasteiger charge is -2.37. The van der Waals surface area contributed by atoms with E-state index in [-0.39, 0.29) is 42.1 Å². The SMILES string of the molecule is CCCN1CCN(c2ccc(C(=O)N[C@H](C(=O)N3C[C@H](C(C)C)[C@H]4OCC(=O)[C@H]43)C(C)(C)CC)cc2)CC1. The summed E-state index contributed by atoms with van der Waals surface area (Å²) in [6, 6.07) is 6.39. The van der Waals surface area contributed by atoms with Gasteiger partial charge in [0, 0.05) is 49.9 Å². The Morgan fingerprint density at radius 1 is 1.08 bits per heavy atom. The number of carbonyl (C=O) groups excluding carboxylic acids is 3. The Morgan fingerprint density at radius 3 is 2.32 bits per heavy atom. The van der Waals surface area contributed by atoms with Crippen molar-refractivity contribution >= 4 is 23.3 Å². The number of hydrogen-bond acceptors (Lipinski definition) is 6. The largest absolute Gasteiger partial charge is 0.369 e. The summed E-state index contributed by atoms with van der Waals surface area (Å²) in [6.45, 7) is 18.2. The van der Waals surface area contributed by atoms with E-state index in [0.29, 0.717) is 18.5 Å². The van der Waals surface area contributed by atoms with Gasteiger partial charge in [0.2, 0.25) is 5.91 Å². The number of nitrogens with one attached hydrogen (secondary N) is 1. The second-order valence-electron chi connectivity index (χ2n) is 12.2. The lowest BCUT2D eigenvalue weighted by molar-refractivity contribution is -0.140. The fraction of sp³-hybridized carbons (Fsp3) is 0.700. The van der Waals surface area contributed by atoms with Gasteiger partial charge in [-0.2, -0.15) is 0 Å². The summed E-state index contributed by atoms with van der Waals surface area (Å²) in [4.78, 5) is 46.7. The predicted molar refractivity (Wildman–Crippen MR) is 149 cm³/mol. The standard InChI is InChI=1S/C30H46N4O4/c1-7-13-32-14-16-33(17-15-32)22-11-9-21(10-12-22)28(36)31-27(30(5,6)8-2)29(37)34-18-23(20(3)4)26-25(34)24(35)19-38-26/h9-12,20,23,25-27H,7-8,13-19H2,1-6H3,(H,31,36)/t23-,25-,26-,27-/m1/s1. The third-order valence-corrected chi connectivity index (χ3v) is 8.99. The van der Waals surface area contributed by atoms with Crippen molar-refractivity contribution in [2.75, 3.05) is 50.8 Å². The second-order valence-corrected chi connectivity index (χ2v) is 12.2. The maximum Gasteiger partial charge on any atom is 0.251 e. The van der Waals surface area contributed by atoms with Gasteiger partial charge in [-0.15, -0.1) is 0 Å². The van der Waals surface area contributed by atoms with Crippen LogP contribution in [-0.4, -0.2) is 91.5 Å². The summed E-state index contributed by atoms with van der Waals surface area (Å²) in [5.41, 5.74) is 1.16. The first-order valence-electron chi connectivity index (χ1n) is 14.4. The lowest BCUT2D eigenvalue weighted by Crippen LogP contribution is -2.57. The minimum atomic E-state index is -0.744. The van der Waals surface area contributed by atoms with Crippen LogP contribution in [0.15, 0.2) is 24.3 Å². The number of nitrogens with zero attached hydrogens (tertiary/aromatic N) is 3. The lowest BCUT2D eigenvalue weighted by atomic mass is 9.80. The number of benzene rings is 1. The number of likely N-dealkylation sites (tertiary alicyclic amines) is 1. The van der Waals surface area contributed by atoms with Gasteiger partial charge in [0.1, 0.15) is 18.7 Å². The zero-order valence-electron chi connectivity index (χ0n) is 24.0. The number of hydrogen-bond donors (Lipinski definition) is 1. The molecule has 0 aromatic heterocycles. The predicted octanol–water partition coefficient (Wildman–Crippen LogP) is 3.20. The van der Waals surface area contributed by atoms with Gasteiger partial charge in [-0.25, -0.2) is 0 Å². The van der Waals surface area contributed by atoms with Gasteiger partial charge in [-0.1, -0.05) is 41.5 Å². The molecule has 3 saturated heterocycles. The number of fused-ring (bicyclic) bond motifs is 1. The van der Waals surface area contributed by atoms with E-state index >= 15 is 0 Å². The van der Waals surface area contributed by atoms with E-state index in [9.17, 15) is 14.4 Å². The molecule has 3 fully saturated rings. The molecule has 3 aliphatic rings. The van der Waals surface area contributed by atoms with Crippen molar-refractivity contribution in [1.82, 2.24) is 15.1 Å². The van der Waals surface area contributed by atoms with Crippen molar-refractivity contribution < 1.29 is 19.1 Å². The first-order valence-corrected chi connectivity index (χ1v) is 14.4. The van der Waals surface area contributed by atoms with Crippen LogP contribution in [0.2, 0.25) is 0 Å². The molecule has 3 aliphatic heterocycles. The van der Waals surface area contributed by atoms with Crippen LogP contribution < -0.4 is 10.2 Å². The van der Waals surface area contributed by atoms with Gasteiger partial charge >= 0.3 is 0 Å². The molecular formula is C30H46N4O4. The molecule has 0 bridgehead atoms. The van der Waals surface area contributed by atoms with Crippen molar-refractivity contribution in [1.29, 1.82) is 0 Å². The highest BCUT2D eigenvalue weighted by Gasteiger charge is 2.54. The molecule has 1 aromatic carbocycles. The maximum atomic E-state index is 14.0. The molecule has 1 N–H and O–H groups in total. The molecule has 210 valence electrons. The second kappa shape index (κ2) is 11.7. The molecule has 0 unspecified atom stereocenters. The van der Waals surface area contributed by atoms with Crippen LogP contribution in [0.5, 0.6) is 0 Å². The summed E-state index contributed by atoms with van der Waals surface area (Å²) in [7, 11) is 0. The summed E-state index contributed by atoms with van der Waals surface area (Å²) in [5, 5.41) is 3.06. The average molecular weight is 527 g/mol. The van der Waals surface area contributed by atoms with E-state index in [1.807, 2.05) is 45.0 Å². The Labute approximate surface area is 228 Å². The van der Waals surface area contributed by atoms with Crippen LogP contribution in [-0.2, 0) is 14.3 Å². The highest BCUT2D eigenvalue weighted by atomic mass is 16.5. The van der Waals surface area contributed by atoms with Crippen LogP contribution in [0.3, 0.4) is 0 Å². The monoisotopic (exact) mass is 526 g/mol. The molecule has 38 heavy (non-hydrogen) atoms. The maximum absolute atomic E-state index is 14.0. The number of carbonyl (C=O) groups is 3. The molecular weight excluding hydrogens is 480 g/mol. The Morgan fingerprint density at radius 2 is 1.74 bits per heavy atom. The van der Waals surface area contributed by atoms with Crippen LogP contribution in [0.4, 0.5) is 5.69 Å². The van der Waals surface area contributed by atoms with Gasteiger partial charge in [0.15, 0.2) is 5.78 Å². The molecule has 8 nitrogen and oxygen atoms in total. The Balaban J connectivity index is 1.47. The van der Waals surface area contributed by atoms with E-state index < -0.39 is 17.5 Å². The number of ether oxygens (including phenoxy) is 1. The molecule has 8 heteroatoms. The van der Waals surface area contributed by atoms with Crippen molar-refractivity contribution in [3.05, 3.63) is 29.8 Å². The molecule has 0 aliphatic carbocycles. The molecule has 2 amide bonds. The third kappa shape index (κ3) is 5.76. The minimum Gasteiger partial charge on any atom is -0.369 e. The summed E-state index contributed by atoms with van der Waals surface area (Å²) >= 11 is 0. The van der Waals surface area contributed by atoms with Crippen molar-refractivity contribution in [3.8, 4) is 0 Å². The number of ketones is 1. The number of amides is 2. The van der Waals surface area contributed by atoms with Crippen molar-refractivity contribution in [2.45, 2.75) is 72.6 Å². The fourth-order valence-electron chi connectivity index (χ4n) is 6.05. The molecule has 0 radical (unpaired) electrons. The first kappa shape index (κ1) is 28.6. The number of Topliss-reactive ketones (excluding diaryl/α,β-unsaturated/α-hetero) is 1. The highest BCUT2D eigenvalue weighted by Crippen LogP contribution is 2.38. The van der Waals surface area contributed by atoms with Crippen molar-refractivity contribution in [2.24, 2.45) is 17.3 Å². The van der Waals surface area contributed by atoms with Gasteiger partial charge in [0.25, 0.3) is 5.91 Å². The Kier molecular flexibility index (Phi) is 8.82. The summed E-state index contributed by atoms with van der Waals surface area (Å²) < 4.78 is 5.83. The number of rotatable bonds is 9. The topological polar surface area (TPSA) is 82.2 Å². The van der Waals surface area contributed by atoms with E-state index in [2.05, 4.69) is 35.9 Å². The molecule has 4 rings (SSSR count). The Hall–Kier alpha value is -2.45. The zero-order chi connectivity index (χ0) is 27.6. The van der Waals surface area contributed by atoms with E-state index in [1.54, 1.807) is 4.90 Å². The molecule has 3 heterocycles. The first-order chi connectivity index (χ1) is 18.1. The number of anilines is 1. The van der Waals surface area contributed by atoms with Crippen LogP contribution in [0.1, 0.15) is 64.7 Å². The smallest absolute Gasteiger partial charge is 0.251 e. The molecule has 1 aromatic rings. The van der Waals surface area contributed by atoms with Crippen molar-refractivity contribution in [3.63, 3.8) is 0 Å². The zero-order valence-corrected chi connectivity index (χ0v) is 24.0. The van der Waals surface area contributed by atoms with Gasteiger partial charge in [-0.3, -0.25) is 19.3 Å². The average Bonchev–Trinajstić information content (AvgIpc) is 3.48. The van der Waals surface area contributed by atoms with Gasteiger partial charge in [-0.05, 0) is 55.0 Å². The van der Waals surface area contributed by atoms with Crippen LogP contribution >= 0.6 is 0 Å². The van der Waals surface area contributed by atoms with Gasteiger partial charge < -0.3 is 19.9 Å². The van der Waals surface area contributed by atoms with Gasteiger partial charge in [0.05, 0.1) is 6.10 Å². The molecule has 0 spiro atoms. The summed E-state index contributed by atoms with van der Waals surface area (Å²) in [5.74, 6) is -0.116. The molecule has 0 saturated carbocycles. The number of piperazine rings is 1. The van der Waals surface area contributed by atoms with E-state index in [1.165, 1.54) is 6.42 Å². The van der Waals surface area contributed by atoms with Crippen LogP contribution in [0, 0.1) is 17.3 Å². The third-order valence-electron chi connectivity index (χ3n) is 8.99. The van der Waals surface area contributed by atoms with Crippen LogP contribution in [0.25, 0.3) is 0 Å². The van der Waals surface area contributed by atoms with E-state index in [4.69, 9.17) is 4.74 Å². The summed E-state index contributed by atoms with van der Waals surface area (Å²) in [6.07, 6.45) is 1.61. The minimum absolute atomic E-state index is 0.0444. The normalized spacial score (nSPS) is 25.1. The fourth-order valence-corrected chi connectivity index (χ4v) is 6.05. The molecule has 4 atom stereocenters. The highest BCUT2D eigenvalue weighted by molar-refractivity contribution is 5.99. The van der Waals surface area contributed by atoms with E-state index in [0.717, 1.165) is 38.4 Å². The Bertz CT molecular complexity index is 1000.